The largest absolute Gasteiger partial charge is 0.419 e. The third-order valence-electron chi connectivity index (χ3n) is 2.27. The molecule has 0 aliphatic rings. The summed E-state index contributed by atoms with van der Waals surface area (Å²) in [6, 6.07) is 4.54. The average Bonchev–Trinajstić information content (AvgIpc) is 2.55. The summed E-state index contributed by atoms with van der Waals surface area (Å²) in [7, 11) is 1.54. The summed E-state index contributed by atoms with van der Waals surface area (Å²) < 4.78 is 6.20. The zero-order chi connectivity index (χ0) is 12.6. The van der Waals surface area contributed by atoms with Crippen LogP contribution in [0.2, 0.25) is 0 Å². The van der Waals surface area contributed by atoms with Crippen LogP contribution in [0.3, 0.4) is 0 Å². The molecule has 0 aliphatic heterocycles. The quantitative estimate of drug-likeness (QED) is 0.653. The first kappa shape index (κ1) is 10.9. The van der Waals surface area contributed by atoms with E-state index in [-0.39, 0.29) is 0 Å². The molecule has 17 heavy (non-hydrogen) atoms. The van der Waals surface area contributed by atoms with Crippen molar-refractivity contribution in [1.29, 1.82) is 0 Å². The van der Waals surface area contributed by atoms with Gasteiger partial charge in [0.15, 0.2) is 5.58 Å². The number of nitrogens with zero attached hydrogens (tertiary/aromatic N) is 1. The van der Waals surface area contributed by atoms with Gasteiger partial charge in [0.05, 0.1) is 5.52 Å². The van der Waals surface area contributed by atoms with Gasteiger partial charge in [-0.3, -0.25) is 14.2 Å². The highest BCUT2D eigenvalue weighted by Crippen LogP contribution is 2.17. The molecule has 7 heteroatoms. The van der Waals surface area contributed by atoms with Gasteiger partial charge >= 0.3 is 17.6 Å². The Bertz CT molecular complexity index is 668. The van der Waals surface area contributed by atoms with Crippen molar-refractivity contribution in [3.8, 4) is 0 Å². The highest BCUT2D eigenvalue weighted by Gasteiger charge is 2.11. The molecule has 7 nitrogen and oxygen atoms in total. The number of aryl methyl sites for hydroxylation is 1. The maximum Gasteiger partial charge on any atom is 0.419 e. The summed E-state index contributed by atoms with van der Waals surface area (Å²) in [4.78, 5) is 32.9. The Balaban J connectivity index is 2.44. The van der Waals surface area contributed by atoms with E-state index in [0.717, 1.165) is 0 Å². The van der Waals surface area contributed by atoms with E-state index in [1.54, 1.807) is 0 Å². The minimum atomic E-state index is -1.08. The van der Waals surface area contributed by atoms with Crippen LogP contribution in [0.5, 0.6) is 0 Å². The molecule has 2 aromatic rings. The second kappa shape index (κ2) is 3.78. The fourth-order valence-corrected chi connectivity index (χ4v) is 1.40. The topological polar surface area (TPSA) is 107 Å². The molecule has 0 unspecified atom stereocenters. The van der Waals surface area contributed by atoms with Gasteiger partial charge in [0.25, 0.3) is 0 Å². The van der Waals surface area contributed by atoms with Crippen LogP contribution in [0.25, 0.3) is 11.1 Å². The zero-order valence-electron chi connectivity index (χ0n) is 8.89. The SMILES string of the molecule is Cn1c(=O)oc2ccc(NC(=O)C(N)=O)cc21. The standard InChI is InChI=1S/C10H9N3O4/c1-13-6-4-5(12-9(15)8(11)14)2-3-7(6)17-10(13)16/h2-4H,1H3,(H2,11,14)(H,12,15). The Labute approximate surface area is 94.8 Å². The normalized spacial score (nSPS) is 10.4. The van der Waals surface area contributed by atoms with Gasteiger partial charge in [-0.15, -0.1) is 0 Å². The molecule has 0 spiro atoms. The van der Waals surface area contributed by atoms with Gasteiger partial charge < -0.3 is 15.5 Å². The predicted molar refractivity (Wildman–Crippen MR) is 59.3 cm³/mol. The van der Waals surface area contributed by atoms with Crippen LogP contribution in [0, 0.1) is 0 Å². The minimum absolute atomic E-state index is 0.359. The molecular formula is C10H9N3O4. The molecule has 0 bridgehead atoms. The molecule has 0 saturated heterocycles. The first-order valence-corrected chi connectivity index (χ1v) is 4.69. The second-order valence-corrected chi connectivity index (χ2v) is 3.43. The van der Waals surface area contributed by atoms with E-state index in [9.17, 15) is 14.4 Å². The van der Waals surface area contributed by atoms with E-state index < -0.39 is 17.6 Å². The van der Waals surface area contributed by atoms with Crippen molar-refractivity contribution < 1.29 is 14.0 Å². The number of carbonyl (C=O) groups is 2. The summed E-state index contributed by atoms with van der Waals surface area (Å²) in [5, 5.41) is 2.30. The lowest BCUT2D eigenvalue weighted by molar-refractivity contribution is -0.134. The highest BCUT2D eigenvalue weighted by molar-refractivity contribution is 6.39. The van der Waals surface area contributed by atoms with Crippen molar-refractivity contribution in [2.75, 3.05) is 5.32 Å². The fourth-order valence-electron chi connectivity index (χ4n) is 1.40. The van der Waals surface area contributed by atoms with Crippen LogP contribution in [0.1, 0.15) is 0 Å². The molecule has 0 atom stereocenters. The number of carbonyl (C=O) groups excluding carboxylic acids is 2. The molecular weight excluding hydrogens is 226 g/mol. The third kappa shape index (κ3) is 1.89. The number of hydrogen-bond acceptors (Lipinski definition) is 4. The number of oxazole rings is 1. The number of amides is 2. The lowest BCUT2D eigenvalue weighted by Gasteiger charge is -2.02. The number of primary amides is 1. The first-order valence-electron chi connectivity index (χ1n) is 4.69. The van der Waals surface area contributed by atoms with E-state index in [0.29, 0.717) is 16.8 Å². The molecule has 88 valence electrons. The summed E-state index contributed by atoms with van der Waals surface area (Å²) in [6.07, 6.45) is 0. The van der Waals surface area contributed by atoms with Gasteiger partial charge in [0.1, 0.15) is 0 Å². The number of nitrogens with one attached hydrogen (secondary N) is 1. The molecule has 0 saturated carbocycles. The van der Waals surface area contributed by atoms with Gasteiger partial charge in [0.2, 0.25) is 0 Å². The molecule has 1 heterocycles. The van der Waals surface area contributed by atoms with Crippen LogP contribution in [0.4, 0.5) is 5.69 Å². The Hall–Kier alpha value is -2.57. The summed E-state index contributed by atoms with van der Waals surface area (Å²) in [6.45, 7) is 0. The van der Waals surface area contributed by atoms with Crippen LogP contribution in [-0.4, -0.2) is 16.4 Å². The number of benzene rings is 1. The lowest BCUT2D eigenvalue weighted by Crippen LogP contribution is -2.29. The van der Waals surface area contributed by atoms with Gasteiger partial charge in [-0.05, 0) is 18.2 Å². The van der Waals surface area contributed by atoms with Gasteiger partial charge in [0, 0.05) is 12.7 Å². The first-order chi connectivity index (χ1) is 7.99. The van der Waals surface area contributed by atoms with Crippen molar-refractivity contribution in [1.82, 2.24) is 4.57 Å². The van der Waals surface area contributed by atoms with Crippen LogP contribution < -0.4 is 16.8 Å². The van der Waals surface area contributed by atoms with E-state index >= 15 is 0 Å². The Morgan fingerprint density at radius 1 is 1.41 bits per heavy atom. The smallest absolute Gasteiger partial charge is 0.408 e. The minimum Gasteiger partial charge on any atom is -0.408 e. The fraction of sp³-hybridized carbons (Fsp3) is 0.100. The number of nitrogens with two attached hydrogens (primary N) is 1. The van der Waals surface area contributed by atoms with Crippen LogP contribution >= 0.6 is 0 Å². The van der Waals surface area contributed by atoms with Crippen LogP contribution in [-0.2, 0) is 16.6 Å². The summed E-state index contributed by atoms with van der Waals surface area (Å²) in [5.41, 5.74) is 6.07. The lowest BCUT2D eigenvalue weighted by atomic mass is 10.3. The van der Waals surface area contributed by atoms with Crippen molar-refractivity contribution in [2.24, 2.45) is 12.8 Å². The molecule has 3 N–H and O–H groups in total. The molecule has 1 aromatic carbocycles. The zero-order valence-corrected chi connectivity index (χ0v) is 8.89. The Morgan fingerprint density at radius 2 is 2.12 bits per heavy atom. The number of hydrogen-bond donors (Lipinski definition) is 2. The van der Waals surface area contributed by atoms with E-state index in [4.69, 9.17) is 10.2 Å². The number of anilines is 1. The van der Waals surface area contributed by atoms with Crippen LogP contribution in [0.15, 0.2) is 27.4 Å². The van der Waals surface area contributed by atoms with Crippen molar-refractivity contribution in [3.05, 3.63) is 28.7 Å². The van der Waals surface area contributed by atoms with Gasteiger partial charge in [-0.1, -0.05) is 0 Å². The monoisotopic (exact) mass is 235 g/mol. The maximum atomic E-state index is 11.2. The molecule has 2 amide bonds. The van der Waals surface area contributed by atoms with E-state index in [1.807, 2.05) is 0 Å². The Morgan fingerprint density at radius 3 is 2.76 bits per heavy atom. The number of aromatic nitrogens is 1. The third-order valence-corrected chi connectivity index (χ3v) is 2.27. The van der Waals surface area contributed by atoms with E-state index in [2.05, 4.69) is 5.32 Å². The molecule has 0 radical (unpaired) electrons. The molecule has 2 rings (SSSR count). The molecule has 1 aromatic heterocycles. The summed E-state index contributed by atoms with van der Waals surface area (Å²) >= 11 is 0. The average molecular weight is 235 g/mol. The molecule has 0 aliphatic carbocycles. The van der Waals surface area contributed by atoms with E-state index in [1.165, 1.54) is 29.8 Å². The highest BCUT2D eigenvalue weighted by atomic mass is 16.4. The Kier molecular flexibility index (Phi) is 2.43. The molecule has 0 fully saturated rings. The van der Waals surface area contributed by atoms with Crippen molar-refractivity contribution in [3.63, 3.8) is 0 Å². The maximum absolute atomic E-state index is 11.2. The predicted octanol–water partition coefficient (Wildman–Crippen LogP) is -0.445. The summed E-state index contributed by atoms with van der Waals surface area (Å²) in [5.74, 6) is -2.50. The van der Waals surface area contributed by atoms with Gasteiger partial charge in [-0.2, -0.15) is 0 Å². The number of fused-ring (bicyclic) bond motifs is 1. The van der Waals surface area contributed by atoms with Crippen molar-refractivity contribution in [2.45, 2.75) is 0 Å². The van der Waals surface area contributed by atoms with Gasteiger partial charge in [-0.25, -0.2) is 4.79 Å². The second-order valence-electron chi connectivity index (χ2n) is 3.43. The number of rotatable bonds is 1. The van der Waals surface area contributed by atoms with Crippen molar-refractivity contribution >= 4 is 28.6 Å².